The number of aromatic amines is 1. The van der Waals surface area contributed by atoms with Crippen molar-refractivity contribution < 1.29 is 9.26 Å². The molecule has 3 heterocycles. The van der Waals surface area contributed by atoms with Crippen LogP contribution in [0, 0.1) is 0 Å². The molecule has 4 rings (SSSR count). The van der Waals surface area contributed by atoms with E-state index in [0.29, 0.717) is 24.2 Å². The van der Waals surface area contributed by atoms with Crippen molar-refractivity contribution in [3.8, 4) is 0 Å². The molecule has 0 unspecified atom stereocenters. The van der Waals surface area contributed by atoms with Gasteiger partial charge in [0, 0.05) is 38.0 Å². The summed E-state index contributed by atoms with van der Waals surface area (Å²) in [5.41, 5.74) is 2.03. The highest BCUT2D eigenvalue weighted by molar-refractivity contribution is 5.52. The predicted octanol–water partition coefficient (Wildman–Crippen LogP) is 3.00. The summed E-state index contributed by atoms with van der Waals surface area (Å²) in [5, 5.41) is 17.7. The number of ether oxygens (including phenoxy) is 1. The summed E-state index contributed by atoms with van der Waals surface area (Å²) in [6.45, 7) is 1.22. The minimum atomic E-state index is 0.497. The van der Waals surface area contributed by atoms with E-state index in [0.717, 1.165) is 42.4 Å². The van der Waals surface area contributed by atoms with Gasteiger partial charge in [-0.05, 0) is 31.7 Å². The smallest absolute Gasteiger partial charge is 0.224 e. The SMILES string of the molecule is COCCCc1cc(Nc2ccnc(NCc3cc(C4CC4)no3)n2)[nH]n1. The molecule has 27 heavy (non-hydrogen) atoms. The van der Waals surface area contributed by atoms with Crippen molar-refractivity contribution in [1.82, 2.24) is 25.3 Å². The second kappa shape index (κ2) is 8.17. The fraction of sp³-hybridized carbons (Fsp3) is 0.444. The van der Waals surface area contributed by atoms with Gasteiger partial charge < -0.3 is 19.9 Å². The molecule has 9 nitrogen and oxygen atoms in total. The van der Waals surface area contributed by atoms with Crippen LogP contribution in [-0.2, 0) is 17.7 Å². The molecule has 0 radical (unpaired) electrons. The summed E-state index contributed by atoms with van der Waals surface area (Å²) in [6.07, 6.45) is 5.91. The molecule has 0 atom stereocenters. The van der Waals surface area contributed by atoms with E-state index in [-0.39, 0.29) is 0 Å². The Balaban J connectivity index is 1.31. The number of nitrogens with one attached hydrogen (secondary N) is 3. The van der Waals surface area contributed by atoms with Crippen molar-refractivity contribution >= 4 is 17.6 Å². The number of hydrogen-bond donors (Lipinski definition) is 3. The number of H-pyrrole nitrogens is 1. The second-order valence-corrected chi connectivity index (χ2v) is 6.61. The van der Waals surface area contributed by atoms with Gasteiger partial charge in [-0.25, -0.2) is 4.98 Å². The van der Waals surface area contributed by atoms with E-state index in [9.17, 15) is 0 Å². The molecule has 0 bridgehead atoms. The molecule has 1 aliphatic rings. The molecule has 1 aliphatic carbocycles. The largest absolute Gasteiger partial charge is 0.385 e. The molecule has 142 valence electrons. The second-order valence-electron chi connectivity index (χ2n) is 6.61. The molecule has 0 saturated heterocycles. The van der Waals surface area contributed by atoms with Gasteiger partial charge in [0.05, 0.1) is 17.9 Å². The zero-order chi connectivity index (χ0) is 18.5. The summed E-state index contributed by atoms with van der Waals surface area (Å²) in [7, 11) is 1.70. The summed E-state index contributed by atoms with van der Waals surface area (Å²) in [4.78, 5) is 8.70. The first kappa shape index (κ1) is 17.5. The third kappa shape index (κ3) is 4.82. The van der Waals surface area contributed by atoms with Gasteiger partial charge in [-0.3, -0.25) is 5.10 Å². The lowest BCUT2D eigenvalue weighted by atomic mass is 10.2. The summed E-state index contributed by atoms with van der Waals surface area (Å²) >= 11 is 0. The number of hydrogen-bond acceptors (Lipinski definition) is 8. The van der Waals surface area contributed by atoms with Crippen molar-refractivity contribution in [3.05, 3.63) is 41.5 Å². The van der Waals surface area contributed by atoms with Crippen LogP contribution in [0.5, 0.6) is 0 Å². The first-order chi connectivity index (χ1) is 13.3. The lowest BCUT2D eigenvalue weighted by Gasteiger charge is -2.05. The first-order valence-electron chi connectivity index (χ1n) is 9.13. The van der Waals surface area contributed by atoms with Crippen molar-refractivity contribution in [2.45, 2.75) is 38.1 Å². The summed E-state index contributed by atoms with van der Waals surface area (Å²) in [5.74, 6) is 3.35. The number of aromatic nitrogens is 5. The molecule has 0 aromatic carbocycles. The van der Waals surface area contributed by atoms with Gasteiger partial charge in [-0.2, -0.15) is 10.1 Å². The minimum Gasteiger partial charge on any atom is -0.385 e. The molecule has 1 saturated carbocycles. The van der Waals surface area contributed by atoms with Crippen LogP contribution >= 0.6 is 0 Å². The maximum Gasteiger partial charge on any atom is 0.224 e. The lowest BCUT2D eigenvalue weighted by Crippen LogP contribution is -2.04. The Morgan fingerprint density at radius 3 is 3.11 bits per heavy atom. The highest BCUT2D eigenvalue weighted by Crippen LogP contribution is 2.39. The standard InChI is InChI=1S/C18H23N7O2/c1-26-8-2-3-13-9-17(24-23-13)21-16-6-7-19-18(22-16)20-11-14-10-15(25-27-14)12-4-5-12/h6-7,9-10,12H,2-5,8,11H2,1H3,(H3,19,20,21,22,23,24). The highest BCUT2D eigenvalue weighted by Gasteiger charge is 2.26. The fourth-order valence-corrected chi connectivity index (χ4v) is 2.75. The Hall–Kier alpha value is -2.94. The van der Waals surface area contributed by atoms with E-state index < -0.39 is 0 Å². The molecule has 1 fully saturated rings. The van der Waals surface area contributed by atoms with E-state index >= 15 is 0 Å². The Morgan fingerprint density at radius 2 is 2.26 bits per heavy atom. The van der Waals surface area contributed by atoms with E-state index in [1.807, 2.05) is 12.1 Å². The van der Waals surface area contributed by atoms with Crippen LogP contribution in [0.2, 0.25) is 0 Å². The Kier molecular flexibility index (Phi) is 5.29. The van der Waals surface area contributed by atoms with E-state index in [2.05, 4.69) is 36.0 Å². The monoisotopic (exact) mass is 369 g/mol. The van der Waals surface area contributed by atoms with Crippen molar-refractivity contribution in [1.29, 1.82) is 0 Å². The molecule has 3 aromatic heterocycles. The zero-order valence-electron chi connectivity index (χ0n) is 15.2. The average Bonchev–Trinajstić information content (AvgIpc) is 3.26. The molecule has 3 N–H and O–H groups in total. The normalized spacial score (nSPS) is 13.7. The van der Waals surface area contributed by atoms with E-state index in [1.165, 1.54) is 12.8 Å². The van der Waals surface area contributed by atoms with Crippen molar-refractivity contribution in [2.24, 2.45) is 0 Å². The number of anilines is 3. The Labute approximate surface area is 156 Å². The van der Waals surface area contributed by atoms with Gasteiger partial charge in [0.25, 0.3) is 0 Å². The molecular formula is C18H23N7O2. The van der Waals surface area contributed by atoms with Gasteiger partial charge >= 0.3 is 0 Å². The van der Waals surface area contributed by atoms with Crippen LogP contribution in [0.25, 0.3) is 0 Å². The molecular weight excluding hydrogens is 346 g/mol. The molecule has 0 amide bonds. The van der Waals surface area contributed by atoms with Gasteiger partial charge in [0.2, 0.25) is 5.95 Å². The quantitative estimate of drug-likeness (QED) is 0.467. The third-order valence-electron chi connectivity index (χ3n) is 4.32. The van der Waals surface area contributed by atoms with E-state index in [1.54, 1.807) is 19.4 Å². The summed E-state index contributed by atoms with van der Waals surface area (Å²) < 4.78 is 10.4. The van der Waals surface area contributed by atoms with Crippen LogP contribution in [0.1, 0.15) is 42.3 Å². The fourth-order valence-electron chi connectivity index (χ4n) is 2.75. The van der Waals surface area contributed by atoms with E-state index in [4.69, 9.17) is 9.26 Å². The molecule has 3 aromatic rings. The number of methoxy groups -OCH3 is 1. The van der Waals surface area contributed by atoms with Gasteiger partial charge in [-0.1, -0.05) is 5.16 Å². The predicted molar refractivity (Wildman–Crippen MR) is 99.9 cm³/mol. The molecule has 9 heteroatoms. The number of aryl methyl sites for hydroxylation is 1. The Bertz CT molecular complexity index is 872. The third-order valence-corrected chi connectivity index (χ3v) is 4.32. The number of rotatable bonds is 10. The van der Waals surface area contributed by atoms with Crippen LogP contribution in [0.15, 0.2) is 28.9 Å². The van der Waals surface area contributed by atoms with Gasteiger partial charge in [-0.15, -0.1) is 0 Å². The zero-order valence-corrected chi connectivity index (χ0v) is 15.2. The van der Waals surface area contributed by atoms with Crippen LogP contribution in [-0.4, -0.2) is 39.0 Å². The first-order valence-corrected chi connectivity index (χ1v) is 9.13. The number of nitrogens with zero attached hydrogens (tertiary/aromatic N) is 4. The molecule has 0 aliphatic heterocycles. The minimum absolute atomic E-state index is 0.497. The topological polar surface area (TPSA) is 114 Å². The van der Waals surface area contributed by atoms with Crippen LogP contribution in [0.4, 0.5) is 17.6 Å². The van der Waals surface area contributed by atoms with Crippen LogP contribution in [0.3, 0.4) is 0 Å². The van der Waals surface area contributed by atoms with Gasteiger partial charge in [0.15, 0.2) is 5.76 Å². The van der Waals surface area contributed by atoms with Crippen LogP contribution < -0.4 is 10.6 Å². The highest BCUT2D eigenvalue weighted by atomic mass is 16.5. The summed E-state index contributed by atoms with van der Waals surface area (Å²) in [6, 6.07) is 5.78. The Morgan fingerprint density at radius 1 is 1.33 bits per heavy atom. The maximum absolute atomic E-state index is 5.35. The molecule has 0 spiro atoms. The lowest BCUT2D eigenvalue weighted by molar-refractivity contribution is 0.195. The van der Waals surface area contributed by atoms with Crippen molar-refractivity contribution in [3.63, 3.8) is 0 Å². The van der Waals surface area contributed by atoms with Crippen molar-refractivity contribution in [2.75, 3.05) is 24.4 Å². The average molecular weight is 369 g/mol. The van der Waals surface area contributed by atoms with Gasteiger partial charge in [0.1, 0.15) is 11.6 Å². The maximum atomic E-state index is 5.35.